The first-order valence-electron chi connectivity index (χ1n) is 10.6. The van der Waals surface area contributed by atoms with Gasteiger partial charge in [-0.3, -0.25) is 4.72 Å². The number of ether oxygens (including phenoxy) is 2. The van der Waals surface area contributed by atoms with E-state index in [0.29, 0.717) is 34.9 Å². The van der Waals surface area contributed by atoms with Crippen LogP contribution in [0.25, 0.3) is 0 Å². The molecule has 0 saturated carbocycles. The Morgan fingerprint density at radius 1 is 0.886 bits per heavy atom. The second-order valence-corrected chi connectivity index (χ2v) is 11.5. The van der Waals surface area contributed by atoms with Gasteiger partial charge in [0.05, 0.1) is 37.1 Å². The van der Waals surface area contributed by atoms with E-state index in [9.17, 15) is 16.8 Å². The van der Waals surface area contributed by atoms with Crippen molar-refractivity contribution < 1.29 is 26.3 Å². The first-order chi connectivity index (χ1) is 16.6. The highest BCUT2D eigenvalue weighted by atomic mass is 32.2. The molecule has 0 bridgehead atoms. The van der Waals surface area contributed by atoms with E-state index in [4.69, 9.17) is 9.47 Å². The Kier molecular flexibility index (Phi) is 6.73. The second-order valence-electron chi connectivity index (χ2n) is 7.95. The summed E-state index contributed by atoms with van der Waals surface area (Å²) in [4.78, 5) is 0.0781. The molecule has 1 aliphatic rings. The van der Waals surface area contributed by atoms with Crippen LogP contribution in [0.4, 0.5) is 5.69 Å². The lowest BCUT2D eigenvalue weighted by Crippen LogP contribution is -2.27. The molecule has 0 aliphatic carbocycles. The maximum absolute atomic E-state index is 13.6. The average molecular weight is 516 g/mol. The SMILES string of the molecule is COc1ccc(C2CC(c3cccc(NS(C)(=O)=O)c3)=NN2S(=O)(=O)c2ccc(OC)cc2)cc1. The summed E-state index contributed by atoms with van der Waals surface area (Å²) in [7, 11) is -4.41. The zero-order valence-electron chi connectivity index (χ0n) is 19.4. The molecule has 35 heavy (non-hydrogen) atoms. The summed E-state index contributed by atoms with van der Waals surface area (Å²) in [5.74, 6) is 1.19. The van der Waals surface area contributed by atoms with Crippen molar-refractivity contribution in [1.29, 1.82) is 0 Å². The molecule has 11 heteroatoms. The number of benzene rings is 3. The van der Waals surface area contributed by atoms with Gasteiger partial charge in [-0.05, 0) is 59.7 Å². The number of methoxy groups -OCH3 is 2. The van der Waals surface area contributed by atoms with Crippen LogP contribution in [-0.2, 0) is 20.0 Å². The van der Waals surface area contributed by atoms with E-state index in [2.05, 4.69) is 9.82 Å². The minimum atomic E-state index is -4.01. The van der Waals surface area contributed by atoms with Gasteiger partial charge >= 0.3 is 0 Å². The average Bonchev–Trinajstić information content (AvgIpc) is 3.30. The van der Waals surface area contributed by atoms with Gasteiger partial charge in [-0.2, -0.15) is 17.9 Å². The minimum absolute atomic E-state index is 0.0781. The van der Waals surface area contributed by atoms with Crippen LogP contribution >= 0.6 is 0 Å². The Morgan fingerprint density at radius 2 is 1.49 bits per heavy atom. The maximum atomic E-state index is 13.6. The predicted octanol–water partition coefficient (Wildman–Crippen LogP) is 3.62. The molecule has 184 valence electrons. The number of nitrogens with one attached hydrogen (secondary N) is 1. The molecular weight excluding hydrogens is 490 g/mol. The normalized spacial score (nSPS) is 16.0. The first-order valence-corrected chi connectivity index (χ1v) is 13.9. The largest absolute Gasteiger partial charge is 0.497 e. The number of hydrogen-bond donors (Lipinski definition) is 1. The van der Waals surface area contributed by atoms with Crippen LogP contribution in [0.3, 0.4) is 0 Å². The van der Waals surface area contributed by atoms with Gasteiger partial charge in [-0.25, -0.2) is 8.42 Å². The second kappa shape index (κ2) is 9.59. The standard InChI is InChI=1S/C24H25N3O6S2/c1-32-20-9-7-17(8-10-20)24-16-23(18-5-4-6-19(15-18)26-34(3,28)29)25-27(24)35(30,31)22-13-11-21(33-2)12-14-22/h4-15,24,26H,16H2,1-3H3. The molecule has 1 atom stereocenters. The van der Waals surface area contributed by atoms with Gasteiger partial charge in [-0.1, -0.05) is 24.3 Å². The molecule has 0 spiro atoms. The lowest BCUT2D eigenvalue weighted by Gasteiger charge is -2.23. The first kappa shape index (κ1) is 24.6. The van der Waals surface area contributed by atoms with Gasteiger partial charge in [0, 0.05) is 12.1 Å². The fourth-order valence-corrected chi connectivity index (χ4v) is 5.78. The van der Waals surface area contributed by atoms with Gasteiger partial charge in [-0.15, -0.1) is 0 Å². The highest BCUT2D eigenvalue weighted by Crippen LogP contribution is 2.38. The number of hydrogen-bond acceptors (Lipinski definition) is 7. The van der Waals surface area contributed by atoms with Gasteiger partial charge in [0.25, 0.3) is 10.0 Å². The van der Waals surface area contributed by atoms with Gasteiger partial charge in [0.2, 0.25) is 10.0 Å². The molecule has 3 aromatic rings. The summed E-state index contributed by atoms with van der Waals surface area (Å²) in [5, 5.41) is 4.51. The highest BCUT2D eigenvalue weighted by Gasteiger charge is 2.37. The Bertz CT molecular complexity index is 1450. The lowest BCUT2D eigenvalue weighted by atomic mass is 9.99. The quantitative estimate of drug-likeness (QED) is 0.490. The molecule has 0 aromatic heterocycles. The molecule has 1 aliphatic heterocycles. The molecule has 4 rings (SSSR count). The minimum Gasteiger partial charge on any atom is -0.497 e. The maximum Gasteiger partial charge on any atom is 0.279 e. The van der Waals surface area contributed by atoms with Crippen molar-refractivity contribution in [2.24, 2.45) is 5.10 Å². The third-order valence-electron chi connectivity index (χ3n) is 5.48. The van der Waals surface area contributed by atoms with Crippen molar-refractivity contribution in [1.82, 2.24) is 4.41 Å². The topological polar surface area (TPSA) is 114 Å². The molecular formula is C24H25N3O6S2. The van der Waals surface area contributed by atoms with Crippen molar-refractivity contribution >= 4 is 31.4 Å². The van der Waals surface area contributed by atoms with E-state index in [1.54, 1.807) is 67.8 Å². The van der Waals surface area contributed by atoms with Crippen molar-refractivity contribution in [3.8, 4) is 11.5 Å². The van der Waals surface area contributed by atoms with Crippen molar-refractivity contribution in [2.75, 3.05) is 25.2 Å². The zero-order valence-corrected chi connectivity index (χ0v) is 21.0. The molecule has 0 amide bonds. The highest BCUT2D eigenvalue weighted by molar-refractivity contribution is 7.92. The number of nitrogens with zero attached hydrogens (tertiary/aromatic N) is 2. The van der Waals surface area contributed by atoms with Crippen molar-refractivity contribution in [3.05, 3.63) is 83.9 Å². The van der Waals surface area contributed by atoms with Gasteiger partial charge in [0.1, 0.15) is 11.5 Å². The number of anilines is 1. The Hall–Kier alpha value is -3.57. The summed E-state index contributed by atoms with van der Waals surface area (Å²) >= 11 is 0. The third kappa shape index (κ3) is 5.41. The van der Waals surface area contributed by atoms with E-state index in [1.807, 2.05) is 0 Å². The van der Waals surface area contributed by atoms with Gasteiger partial charge < -0.3 is 9.47 Å². The summed E-state index contributed by atoms with van der Waals surface area (Å²) in [6, 6.07) is 19.4. The Morgan fingerprint density at radius 3 is 2.06 bits per heavy atom. The smallest absolute Gasteiger partial charge is 0.279 e. The fraction of sp³-hybridized carbons (Fsp3) is 0.208. The van der Waals surface area contributed by atoms with E-state index >= 15 is 0 Å². The van der Waals surface area contributed by atoms with Crippen LogP contribution < -0.4 is 14.2 Å². The molecule has 1 unspecified atom stereocenters. The Labute approximate surface area is 205 Å². The van der Waals surface area contributed by atoms with Crippen LogP contribution in [0.5, 0.6) is 11.5 Å². The summed E-state index contributed by atoms with van der Waals surface area (Å²) in [6.45, 7) is 0. The molecule has 3 aromatic carbocycles. The van der Waals surface area contributed by atoms with E-state index in [0.717, 1.165) is 16.2 Å². The number of rotatable bonds is 8. The van der Waals surface area contributed by atoms with E-state index in [1.165, 1.54) is 19.2 Å². The summed E-state index contributed by atoms with van der Waals surface area (Å²) < 4.78 is 64.5. The Balaban J connectivity index is 1.76. The molecule has 1 N–H and O–H groups in total. The molecule has 0 saturated heterocycles. The van der Waals surface area contributed by atoms with Crippen molar-refractivity contribution in [3.63, 3.8) is 0 Å². The van der Waals surface area contributed by atoms with Gasteiger partial charge in [0.15, 0.2) is 0 Å². The molecule has 0 fully saturated rings. The lowest BCUT2D eigenvalue weighted by molar-refractivity contribution is 0.370. The molecule has 9 nitrogen and oxygen atoms in total. The monoisotopic (exact) mass is 515 g/mol. The summed E-state index contributed by atoms with van der Waals surface area (Å²) in [5.41, 5.74) is 2.24. The van der Waals surface area contributed by atoms with Crippen LogP contribution in [0.2, 0.25) is 0 Å². The van der Waals surface area contributed by atoms with Crippen LogP contribution in [-0.4, -0.2) is 47.4 Å². The fourth-order valence-electron chi connectivity index (χ4n) is 3.79. The van der Waals surface area contributed by atoms with Crippen molar-refractivity contribution in [2.45, 2.75) is 17.4 Å². The number of hydrazone groups is 1. The van der Waals surface area contributed by atoms with Crippen LogP contribution in [0.1, 0.15) is 23.6 Å². The number of sulfonamides is 2. The predicted molar refractivity (Wildman–Crippen MR) is 134 cm³/mol. The molecule has 1 heterocycles. The third-order valence-corrected chi connectivity index (χ3v) is 7.78. The van der Waals surface area contributed by atoms with Crippen LogP contribution in [0, 0.1) is 0 Å². The van der Waals surface area contributed by atoms with E-state index < -0.39 is 26.1 Å². The van der Waals surface area contributed by atoms with Crippen LogP contribution in [0.15, 0.2) is 82.8 Å². The zero-order chi connectivity index (χ0) is 25.2. The summed E-state index contributed by atoms with van der Waals surface area (Å²) in [6.07, 6.45) is 1.36. The molecule has 0 radical (unpaired) electrons. The van der Waals surface area contributed by atoms with E-state index in [-0.39, 0.29) is 4.90 Å².